The first-order valence-electron chi connectivity index (χ1n) is 9.57. The number of nitrogens with zero attached hydrogens (tertiary/aromatic N) is 2. The Morgan fingerprint density at radius 1 is 1.21 bits per heavy atom. The molecule has 1 fully saturated rings. The molecule has 4 atom stereocenters. The highest BCUT2D eigenvalue weighted by molar-refractivity contribution is 7.17. The smallest absolute Gasteiger partial charge is 0.430 e. The lowest BCUT2D eigenvalue weighted by molar-refractivity contribution is -0.206. The van der Waals surface area contributed by atoms with E-state index in [-0.39, 0.29) is 24.2 Å². The van der Waals surface area contributed by atoms with Crippen LogP contribution in [0.4, 0.5) is 41.3 Å². The van der Waals surface area contributed by atoms with Gasteiger partial charge in [-0.2, -0.15) is 26.3 Å². The maximum Gasteiger partial charge on any atom is 0.430 e. The van der Waals surface area contributed by atoms with Gasteiger partial charge in [0.1, 0.15) is 11.7 Å². The summed E-state index contributed by atoms with van der Waals surface area (Å²) in [5, 5.41) is 4.91. The predicted molar refractivity (Wildman–Crippen MR) is 105 cm³/mol. The van der Waals surface area contributed by atoms with Crippen LogP contribution in [0.5, 0.6) is 0 Å². The summed E-state index contributed by atoms with van der Waals surface area (Å²) in [5.41, 5.74) is -4.44. The molecule has 178 valence electrons. The molecule has 2 aromatic heterocycles. The first-order chi connectivity index (χ1) is 15.3. The first kappa shape index (κ1) is 23.6. The second kappa shape index (κ2) is 8.05. The van der Waals surface area contributed by atoms with Crippen molar-refractivity contribution in [3.05, 3.63) is 41.2 Å². The average molecular weight is 496 g/mol. The molecule has 0 radical (unpaired) electrons. The van der Waals surface area contributed by atoms with Gasteiger partial charge in [0, 0.05) is 18.3 Å². The quantitative estimate of drug-likeness (QED) is 0.475. The molecule has 2 N–H and O–H groups in total. The normalized spacial score (nSPS) is 24.1. The zero-order valence-electron chi connectivity index (χ0n) is 16.5. The third kappa shape index (κ3) is 4.23. The third-order valence-corrected chi connectivity index (χ3v) is 6.29. The van der Waals surface area contributed by atoms with Crippen LogP contribution in [0.1, 0.15) is 29.3 Å². The van der Waals surface area contributed by atoms with Crippen LogP contribution in [0.15, 0.2) is 24.4 Å². The van der Waals surface area contributed by atoms with Crippen molar-refractivity contribution in [3.63, 3.8) is 0 Å². The van der Waals surface area contributed by atoms with E-state index in [9.17, 15) is 35.5 Å². The predicted octanol–water partition coefficient (Wildman–Crippen LogP) is 4.73. The van der Waals surface area contributed by atoms with E-state index in [1.807, 2.05) is 14.6 Å². The van der Waals surface area contributed by atoms with Gasteiger partial charge in [0.25, 0.3) is 0 Å². The fourth-order valence-corrected chi connectivity index (χ4v) is 4.43. The van der Waals surface area contributed by atoms with Crippen molar-refractivity contribution >= 4 is 21.2 Å². The number of cyclic esters (lactones) is 1. The molecule has 0 bridgehead atoms. The molecule has 2 aliphatic heterocycles. The van der Waals surface area contributed by atoms with E-state index in [0.717, 1.165) is 12.3 Å². The van der Waals surface area contributed by atoms with Gasteiger partial charge in [-0.25, -0.2) is 14.2 Å². The van der Waals surface area contributed by atoms with Crippen LogP contribution in [-0.2, 0) is 16.3 Å². The molecule has 14 heteroatoms. The van der Waals surface area contributed by atoms with E-state index in [1.165, 1.54) is 0 Å². The van der Waals surface area contributed by atoms with Gasteiger partial charge < -0.3 is 10.1 Å². The molecule has 0 aromatic carbocycles. The fraction of sp³-hybridized carbons (Fsp3) is 0.421. The minimum atomic E-state index is -5.07. The summed E-state index contributed by atoms with van der Waals surface area (Å²) >= 11 is 0. The van der Waals surface area contributed by atoms with Crippen LogP contribution in [0.25, 0.3) is 11.3 Å². The standard InChI is InChI=1S/C19H16F7N4O2P/c20-15(33)17(2-4-27-7-17)11-6-8(18(21,22)23)5-10(29-11)9-1-3-28-14-12(9)13(19(24,25)26)32-16(31)30-14/h1,3,5-6,13,15,27H,2,4,7,33H2,(H,28,30,31). The molecule has 2 aliphatic rings. The van der Waals surface area contributed by atoms with E-state index in [4.69, 9.17) is 0 Å². The number of halogens is 7. The van der Waals surface area contributed by atoms with Gasteiger partial charge >= 0.3 is 18.4 Å². The maximum atomic E-state index is 14.6. The molecule has 4 rings (SSSR count). The summed E-state index contributed by atoms with van der Waals surface area (Å²) in [6.07, 6.45) is -13.0. The topological polar surface area (TPSA) is 76.1 Å². The number of pyridine rings is 2. The van der Waals surface area contributed by atoms with Crippen molar-refractivity contribution in [2.45, 2.75) is 36.2 Å². The minimum absolute atomic E-state index is 0.00971. The highest BCUT2D eigenvalue weighted by Crippen LogP contribution is 2.47. The number of rotatable bonds is 3. The van der Waals surface area contributed by atoms with Gasteiger partial charge in [0.05, 0.1) is 27.9 Å². The van der Waals surface area contributed by atoms with Crippen LogP contribution in [0.2, 0.25) is 0 Å². The van der Waals surface area contributed by atoms with Crippen LogP contribution >= 0.6 is 9.24 Å². The van der Waals surface area contributed by atoms with Crippen molar-refractivity contribution in [1.29, 1.82) is 0 Å². The minimum Gasteiger partial charge on any atom is -0.431 e. The summed E-state index contributed by atoms with van der Waals surface area (Å²) < 4.78 is 101. The van der Waals surface area contributed by atoms with Gasteiger partial charge in [0.2, 0.25) is 6.10 Å². The number of alkyl halides is 7. The molecular weight excluding hydrogens is 480 g/mol. The van der Waals surface area contributed by atoms with Gasteiger partial charge in [-0.3, -0.25) is 10.3 Å². The van der Waals surface area contributed by atoms with Gasteiger partial charge in [-0.1, -0.05) is 9.24 Å². The van der Waals surface area contributed by atoms with E-state index in [1.54, 1.807) is 0 Å². The molecule has 1 amide bonds. The van der Waals surface area contributed by atoms with Crippen molar-refractivity contribution in [2.24, 2.45) is 0 Å². The van der Waals surface area contributed by atoms with E-state index in [0.29, 0.717) is 18.7 Å². The van der Waals surface area contributed by atoms with Crippen molar-refractivity contribution < 1.29 is 40.3 Å². The highest BCUT2D eigenvalue weighted by Gasteiger charge is 2.50. The number of nitrogens with one attached hydrogen (secondary N) is 2. The average Bonchev–Trinajstić information content (AvgIpc) is 3.22. The highest BCUT2D eigenvalue weighted by atomic mass is 31.0. The number of hydrogen-bond donors (Lipinski definition) is 2. The number of anilines is 1. The second-order valence-corrected chi connectivity index (χ2v) is 8.27. The Morgan fingerprint density at radius 2 is 1.94 bits per heavy atom. The summed E-state index contributed by atoms with van der Waals surface area (Å²) in [5.74, 6) is -2.19. The second-order valence-electron chi connectivity index (χ2n) is 7.68. The summed E-state index contributed by atoms with van der Waals surface area (Å²) in [4.78, 5) is 19.4. The number of hydrogen-bond acceptors (Lipinski definition) is 5. The molecule has 0 saturated carbocycles. The lowest BCUT2D eigenvalue weighted by atomic mass is 9.83. The summed E-state index contributed by atoms with van der Waals surface area (Å²) in [7, 11) is 1.91. The largest absolute Gasteiger partial charge is 0.431 e. The molecular formula is C19H16F7N4O2P. The number of aromatic nitrogens is 2. The fourth-order valence-electron chi connectivity index (χ4n) is 3.98. The van der Waals surface area contributed by atoms with Crippen LogP contribution in [-0.4, -0.2) is 41.2 Å². The SMILES string of the molecule is O=C1Nc2nccc(-c3cc(C(F)(F)F)cc(C4(C(F)P)CCNC4)n3)c2C(C(F)(F)F)O1. The monoisotopic (exact) mass is 496 g/mol. The van der Waals surface area contributed by atoms with Crippen LogP contribution in [0.3, 0.4) is 0 Å². The van der Waals surface area contributed by atoms with E-state index < -0.39 is 58.5 Å². The lowest BCUT2D eigenvalue weighted by Crippen LogP contribution is -2.37. The molecule has 0 aliphatic carbocycles. The summed E-state index contributed by atoms with van der Waals surface area (Å²) in [6, 6.07) is 2.33. The van der Waals surface area contributed by atoms with Gasteiger partial charge in [-0.15, -0.1) is 0 Å². The zero-order valence-corrected chi connectivity index (χ0v) is 17.7. The number of carbonyl (C=O) groups excluding carboxylic acids is 1. The van der Waals surface area contributed by atoms with E-state index >= 15 is 0 Å². The number of carbonyl (C=O) groups is 1. The van der Waals surface area contributed by atoms with Crippen molar-refractivity contribution in [3.8, 4) is 11.3 Å². The Morgan fingerprint density at radius 3 is 2.52 bits per heavy atom. The van der Waals surface area contributed by atoms with Gasteiger partial charge in [0.15, 0.2) is 0 Å². The van der Waals surface area contributed by atoms with Crippen LogP contribution in [0, 0.1) is 0 Å². The molecule has 4 unspecified atom stereocenters. The lowest BCUT2D eigenvalue weighted by Gasteiger charge is -2.31. The van der Waals surface area contributed by atoms with Crippen molar-refractivity contribution in [1.82, 2.24) is 15.3 Å². The zero-order chi connectivity index (χ0) is 24.2. The van der Waals surface area contributed by atoms with Gasteiger partial charge in [-0.05, 0) is 31.2 Å². The number of fused-ring (bicyclic) bond motifs is 1. The van der Waals surface area contributed by atoms with Crippen molar-refractivity contribution in [2.75, 3.05) is 18.4 Å². The Kier molecular flexibility index (Phi) is 5.76. The van der Waals surface area contributed by atoms with Crippen LogP contribution < -0.4 is 10.6 Å². The maximum absolute atomic E-state index is 14.6. The number of ether oxygens (including phenoxy) is 1. The number of amides is 1. The molecule has 2 aromatic rings. The summed E-state index contributed by atoms with van der Waals surface area (Å²) in [6.45, 7) is 0.312. The first-order valence-corrected chi connectivity index (χ1v) is 10.2. The Bertz CT molecular complexity index is 1080. The molecule has 4 heterocycles. The molecule has 6 nitrogen and oxygen atoms in total. The van der Waals surface area contributed by atoms with E-state index in [2.05, 4.69) is 20.0 Å². The molecule has 0 spiro atoms. The Hall–Kier alpha value is -2.53. The Balaban J connectivity index is 1.98. The molecule has 33 heavy (non-hydrogen) atoms. The third-order valence-electron chi connectivity index (χ3n) is 5.65. The molecule has 1 saturated heterocycles. The Labute approximate surface area is 184 Å².